The highest BCUT2D eigenvalue weighted by molar-refractivity contribution is 6.30. The molecule has 2 aromatic carbocycles. The molecule has 0 atom stereocenters. The predicted octanol–water partition coefficient (Wildman–Crippen LogP) is 3.21. The summed E-state index contributed by atoms with van der Waals surface area (Å²) in [5.41, 5.74) is 7.09. The highest BCUT2D eigenvalue weighted by Crippen LogP contribution is 2.24. The van der Waals surface area contributed by atoms with E-state index in [1.54, 1.807) is 0 Å². The first-order chi connectivity index (χ1) is 10.1. The lowest BCUT2D eigenvalue weighted by Crippen LogP contribution is -2.15. The van der Waals surface area contributed by atoms with Crippen LogP contribution < -0.4 is 15.8 Å². The first kappa shape index (κ1) is 15.2. The summed E-state index contributed by atoms with van der Waals surface area (Å²) in [6, 6.07) is 15.2. The molecule has 0 unspecified atom stereocenters. The summed E-state index contributed by atoms with van der Waals surface area (Å²) in [5.74, 6) is 0.328. The molecule has 0 aromatic heterocycles. The first-order valence-electron chi connectivity index (χ1n) is 6.63. The molecule has 0 aliphatic rings. The lowest BCUT2D eigenvalue weighted by molar-refractivity contribution is -0.118. The average molecular weight is 305 g/mol. The van der Waals surface area contributed by atoms with E-state index < -0.39 is 0 Å². The standard InChI is InChI=1S/C16H17ClN2O2/c17-13-7-5-12(6-8-13)11-19-14-3-1-2-4-15(14)21-10-9-16(18)20/h1-8,19H,9-11H2,(H2,18,20). The highest BCUT2D eigenvalue weighted by Gasteiger charge is 2.03. The fourth-order valence-corrected chi connectivity index (χ4v) is 1.93. The molecule has 0 heterocycles. The number of amides is 1. The van der Waals surface area contributed by atoms with Crippen LogP contribution in [-0.4, -0.2) is 12.5 Å². The maximum absolute atomic E-state index is 10.7. The van der Waals surface area contributed by atoms with Gasteiger partial charge in [0.2, 0.25) is 5.91 Å². The van der Waals surface area contributed by atoms with E-state index in [1.165, 1.54) is 0 Å². The molecule has 1 amide bonds. The number of hydrogen-bond donors (Lipinski definition) is 2. The number of rotatable bonds is 7. The van der Waals surface area contributed by atoms with Gasteiger partial charge >= 0.3 is 0 Å². The van der Waals surface area contributed by atoms with Crippen molar-refractivity contribution < 1.29 is 9.53 Å². The molecule has 0 radical (unpaired) electrons. The Kier molecular flexibility index (Phi) is 5.46. The van der Waals surface area contributed by atoms with Crippen LogP contribution in [0.3, 0.4) is 0 Å². The summed E-state index contributed by atoms with van der Waals surface area (Å²) in [4.78, 5) is 10.7. The summed E-state index contributed by atoms with van der Waals surface area (Å²) >= 11 is 5.86. The van der Waals surface area contributed by atoms with E-state index >= 15 is 0 Å². The van der Waals surface area contributed by atoms with Gasteiger partial charge in [-0.2, -0.15) is 0 Å². The van der Waals surface area contributed by atoms with Gasteiger partial charge < -0.3 is 15.8 Å². The van der Waals surface area contributed by atoms with Crippen molar-refractivity contribution in [3.63, 3.8) is 0 Å². The average Bonchev–Trinajstić information content (AvgIpc) is 2.47. The zero-order valence-electron chi connectivity index (χ0n) is 11.5. The second-order valence-electron chi connectivity index (χ2n) is 4.54. The van der Waals surface area contributed by atoms with Crippen LogP contribution in [0.5, 0.6) is 5.75 Å². The van der Waals surface area contributed by atoms with Crippen LogP contribution in [-0.2, 0) is 11.3 Å². The van der Waals surface area contributed by atoms with Crippen molar-refractivity contribution >= 4 is 23.2 Å². The van der Waals surface area contributed by atoms with Crippen molar-refractivity contribution in [2.45, 2.75) is 13.0 Å². The minimum Gasteiger partial charge on any atom is -0.491 e. The largest absolute Gasteiger partial charge is 0.491 e. The molecule has 0 spiro atoms. The number of hydrogen-bond acceptors (Lipinski definition) is 3. The van der Waals surface area contributed by atoms with Crippen molar-refractivity contribution in [1.82, 2.24) is 0 Å². The number of para-hydroxylation sites is 2. The molecule has 2 rings (SSSR count). The van der Waals surface area contributed by atoms with Gasteiger partial charge in [-0.05, 0) is 29.8 Å². The number of anilines is 1. The number of benzene rings is 2. The second-order valence-corrected chi connectivity index (χ2v) is 4.98. The van der Waals surface area contributed by atoms with Gasteiger partial charge in [0.05, 0.1) is 18.7 Å². The van der Waals surface area contributed by atoms with Crippen molar-refractivity contribution in [3.8, 4) is 5.75 Å². The molecule has 0 saturated heterocycles. The number of nitrogens with one attached hydrogen (secondary N) is 1. The third-order valence-electron chi connectivity index (χ3n) is 2.89. The molecule has 0 bridgehead atoms. The zero-order chi connectivity index (χ0) is 15.1. The molecule has 2 aromatic rings. The summed E-state index contributed by atoms with van der Waals surface area (Å²) < 4.78 is 5.57. The van der Waals surface area contributed by atoms with Gasteiger partial charge in [0.1, 0.15) is 5.75 Å². The lowest BCUT2D eigenvalue weighted by atomic mass is 10.2. The SMILES string of the molecule is NC(=O)CCOc1ccccc1NCc1ccc(Cl)cc1. The van der Waals surface area contributed by atoms with Crippen molar-refractivity contribution in [1.29, 1.82) is 0 Å². The van der Waals surface area contributed by atoms with Gasteiger partial charge in [-0.15, -0.1) is 0 Å². The summed E-state index contributed by atoms with van der Waals surface area (Å²) in [7, 11) is 0. The predicted molar refractivity (Wildman–Crippen MR) is 84.5 cm³/mol. The quantitative estimate of drug-likeness (QED) is 0.825. The Balaban J connectivity index is 1.96. The molecule has 0 aliphatic carbocycles. The van der Waals surface area contributed by atoms with Crippen LogP contribution in [0.1, 0.15) is 12.0 Å². The van der Waals surface area contributed by atoms with Crippen molar-refractivity contribution in [2.24, 2.45) is 5.73 Å². The third kappa shape index (κ3) is 5.00. The normalized spacial score (nSPS) is 10.1. The van der Waals surface area contributed by atoms with Crippen molar-refractivity contribution in [2.75, 3.05) is 11.9 Å². The Morgan fingerprint density at radius 1 is 1.14 bits per heavy atom. The van der Waals surface area contributed by atoms with E-state index in [9.17, 15) is 4.79 Å². The molecule has 0 saturated carbocycles. The number of primary amides is 1. The smallest absolute Gasteiger partial charge is 0.220 e. The maximum atomic E-state index is 10.7. The summed E-state index contributed by atoms with van der Waals surface area (Å²) in [6.07, 6.45) is 0.200. The Hall–Kier alpha value is -2.20. The van der Waals surface area contributed by atoms with Gasteiger partial charge in [-0.25, -0.2) is 0 Å². The molecular formula is C16H17ClN2O2. The molecule has 5 heteroatoms. The van der Waals surface area contributed by atoms with Gasteiger partial charge in [0, 0.05) is 11.6 Å². The van der Waals surface area contributed by atoms with E-state index in [-0.39, 0.29) is 18.9 Å². The molecular weight excluding hydrogens is 288 g/mol. The lowest BCUT2D eigenvalue weighted by Gasteiger charge is -2.13. The molecule has 3 N–H and O–H groups in total. The summed E-state index contributed by atoms with van der Waals surface area (Å²) in [6.45, 7) is 0.933. The van der Waals surface area contributed by atoms with Gasteiger partial charge in [-0.3, -0.25) is 4.79 Å². The molecule has 21 heavy (non-hydrogen) atoms. The van der Waals surface area contributed by atoms with Crippen LogP contribution in [0.15, 0.2) is 48.5 Å². The molecule has 0 aliphatic heterocycles. The fourth-order valence-electron chi connectivity index (χ4n) is 1.80. The van der Waals surface area contributed by atoms with E-state index in [4.69, 9.17) is 22.1 Å². The first-order valence-corrected chi connectivity index (χ1v) is 7.01. The van der Waals surface area contributed by atoms with E-state index in [0.29, 0.717) is 17.3 Å². The van der Waals surface area contributed by atoms with E-state index in [2.05, 4.69) is 5.32 Å². The van der Waals surface area contributed by atoms with Crippen molar-refractivity contribution in [3.05, 3.63) is 59.1 Å². The minimum atomic E-state index is -0.374. The van der Waals surface area contributed by atoms with Gasteiger partial charge in [0.15, 0.2) is 0 Å². The zero-order valence-corrected chi connectivity index (χ0v) is 12.3. The fraction of sp³-hybridized carbons (Fsp3) is 0.188. The van der Waals surface area contributed by atoms with Crippen LogP contribution >= 0.6 is 11.6 Å². The summed E-state index contributed by atoms with van der Waals surface area (Å²) in [5, 5.41) is 4.02. The Bertz CT molecular complexity index is 599. The molecule has 110 valence electrons. The Labute approximate surface area is 128 Å². The second kappa shape index (κ2) is 7.55. The van der Waals surface area contributed by atoms with Crippen LogP contribution in [0.25, 0.3) is 0 Å². The number of ether oxygens (including phenoxy) is 1. The third-order valence-corrected chi connectivity index (χ3v) is 3.14. The number of carbonyl (C=O) groups excluding carboxylic acids is 1. The maximum Gasteiger partial charge on any atom is 0.220 e. The molecule has 4 nitrogen and oxygen atoms in total. The monoisotopic (exact) mass is 304 g/mol. The number of nitrogens with two attached hydrogens (primary N) is 1. The molecule has 0 fully saturated rings. The number of halogens is 1. The van der Waals surface area contributed by atoms with E-state index in [0.717, 1.165) is 11.3 Å². The highest BCUT2D eigenvalue weighted by atomic mass is 35.5. The van der Waals surface area contributed by atoms with Crippen LogP contribution in [0.2, 0.25) is 5.02 Å². The van der Waals surface area contributed by atoms with Gasteiger partial charge in [0.25, 0.3) is 0 Å². The topological polar surface area (TPSA) is 64.4 Å². The van der Waals surface area contributed by atoms with Crippen LogP contribution in [0.4, 0.5) is 5.69 Å². The number of carbonyl (C=O) groups is 1. The van der Waals surface area contributed by atoms with Gasteiger partial charge in [-0.1, -0.05) is 35.9 Å². The van der Waals surface area contributed by atoms with E-state index in [1.807, 2.05) is 48.5 Å². The minimum absolute atomic E-state index is 0.200. The Morgan fingerprint density at radius 2 is 1.86 bits per heavy atom. The van der Waals surface area contributed by atoms with Crippen LogP contribution in [0, 0.1) is 0 Å². The Morgan fingerprint density at radius 3 is 2.57 bits per heavy atom.